The van der Waals surface area contributed by atoms with Gasteiger partial charge in [-0.25, -0.2) is 0 Å². The summed E-state index contributed by atoms with van der Waals surface area (Å²) in [6.45, 7) is 0. The third-order valence-electron chi connectivity index (χ3n) is 1.99. The second-order valence-electron chi connectivity index (χ2n) is 2.66. The zero-order valence-corrected chi connectivity index (χ0v) is 10.1. The molecule has 0 unspecified atom stereocenters. The summed E-state index contributed by atoms with van der Waals surface area (Å²) < 4.78 is 10.1. The molecule has 0 aliphatic rings. The van der Waals surface area contributed by atoms with E-state index in [1.165, 1.54) is 14.2 Å². The third kappa shape index (κ3) is 1.97. The molecule has 1 rings (SSSR count). The minimum absolute atomic E-state index is 0.202. The van der Waals surface area contributed by atoms with Crippen molar-refractivity contribution in [1.82, 2.24) is 0 Å². The van der Waals surface area contributed by atoms with Crippen LogP contribution in [0.1, 0.15) is 5.56 Å². The topological polar surface area (TPSA) is 35.5 Å². The molecular weight excluding hydrogens is 295 g/mol. The molecule has 1 aromatic carbocycles. The van der Waals surface area contributed by atoms with E-state index in [4.69, 9.17) is 9.47 Å². The summed E-state index contributed by atoms with van der Waals surface area (Å²) in [5.74, 6) is -1.28. The monoisotopic (exact) mass is 306 g/mol. The fourth-order valence-electron chi connectivity index (χ4n) is 1.25. The number of halogens is 1. The van der Waals surface area contributed by atoms with E-state index in [1.54, 1.807) is 34.7 Å². The van der Waals surface area contributed by atoms with Crippen LogP contribution in [-0.2, 0) is 20.1 Å². The molecule has 76 valence electrons. The molecular formula is C10H11IO3. The average molecular weight is 306 g/mol. The zero-order valence-electron chi connectivity index (χ0n) is 7.99. The van der Waals surface area contributed by atoms with E-state index in [9.17, 15) is 4.79 Å². The van der Waals surface area contributed by atoms with Gasteiger partial charge in [0.05, 0.1) is 0 Å². The van der Waals surface area contributed by atoms with E-state index < -0.39 is 5.79 Å². The molecule has 0 aliphatic carbocycles. The van der Waals surface area contributed by atoms with Gasteiger partial charge in [0.1, 0.15) is 0 Å². The van der Waals surface area contributed by atoms with Crippen molar-refractivity contribution in [1.29, 1.82) is 0 Å². The summed E-state index contributed by atoms with van der Waals surface area (Å²) in [6.07, 6.45) is 0. The van der Waals surface area contributed by atoms with Crippen molar-refractivity contribution in [3.63, 3.8) is 0 Å². The lowest BCUT2D eigenvalue weighted by Crippen LogP contribution is -2.36. The first-order valence-corrected chi connectivity index (χ1v) is 5.11. The highest BCUT2D eigenvalue weighted by Gasteiger charge is 2.38. The first-order chi connectivity index (χ1) is 6.67. The first kappa shape index (κ1) is 11.6. The normalized spacial score (nSPS) is 11.4. The van der Waals surface area contributed by atoms with Crippen LogP contribution >= 0.6 is 22.6 Å². The number of rotatable bonds is 4. The lowest BCUT2D eigenvalue weighted by Gasteiger charge is -2.27. The molecule has 0 saturated carbocycles. The van der Waals surface area contributed by atoms with Crippen LogP contribution in [0.15, 0.2) is 30.3 Å². The van der Waals surface area contributed by atoms with Crippen LogP contribution in [0.2, 0.25) is 0 Å². The average Bonchev–Trinajstić information content (AvgIpc) is 2.22. The lowest BCUT2D eigenvalue weighted by molar-refractivity contribution is -0.203. The van der Waals surface area contributed by atoms with Crippen molar-refractivity contribution < 1.29 is 14.3 Å². The maximum atomic E-state index is 11.5. The van der Waals surface area contributed by atoms with Crippen LogP contribution in [0.25, 0.3) is 0 Å². The lowest BCUT2D eigenvalue weighted by atomic mass is 10.1. The van der Waals surface area contributed by atoms with Crippen LogP contribution in [0, 0.1) is 0 Å². The number of carbonyl (C=O) groups is 1. The van der Waals surface area contributed by atoms with Crippen LogP contribution in [0.5, 0.6) is 0 Å². The van der Waals surface area contributed by atoms with Gasteiger partial charge < -0.3 is 9.47 Å². The standard InChI is InChI=1S/C10H11IO3/c1-13-10(14-2,9(11)12)8-6-4-3-5-7-8/h3-7H,1-2H3. The number of hydrogen-bond donors (Lipinski definition) is 0. The molecule has 0 spiro atoms. The Hall–Kier alpha value is -0.460. The third-order valence-corrected chi connectivity index (χ3v) is 2.70. The SMILES string of the molecule is COC(OC)(C(=O)I)c1ccccc1. The summed E-state index contributed by atoms with van der Waals surface area (Å²) in [5, 5.41) is 0. The quantitative estimate of drug-likeness (QED) is 0.485. The van der Waals surface area contributed by atoms with Crippen LogP contribution in [-0.4, -0.2) is 18.0 Å². The molecule has 3 nitrogen and oxygen atoms in total. The van der Waals surface area contributed by atoms with Gasteiger partial charge in [0.15, 0.2) is 0 Å². The second-order valence-corrected chi connectivity index (χ2v) is 3.64. The Balaban J connectivity index is 3.18. The summed E-state index contributed by atoms with van der Waals surface area (Å²) >= 11 is 1.67. The van der Waals surface area contributed by atoms with Crippen LogP contribution in [0.4, 0.5) is 0 Å². The minimum Gasteiger partial charge on any atom is -0.343 e. The predicted octanol–water partition coefficient (Wildman–Crippen LogP) is 2.09. The molecule has 0 amide bonds. The van der Waals surface area contributed by atoms with E-state index >= 15 is 0 Å². The number of methoxy groups -OCH3 is 2. The molecule has 0 bridgehead atoms. The number of benzene rings is 1. The highest BCUT2D eigenvalue weighted by Crippen LogP contribution is 2.29. The summed E-state index contributed by atoms with van der Waals surface area (Å²) in [6, 6.07) is 9.13. The van der Waals surface area contributed by atoms with Crippen molar-refractivity contribution in [3.8, 4) is 0 Å². The van der Waals surface area contributed by atoms with Gasteiger partial charge in [0.2, 0.25) is 0 Å². The molecule has 0 saturated heterocycles. The molecule has 0 radical (unpaired) electrons. The minimum atomic E-state index is -1.28. The van der Waals surface area contributed by atoms with Gasteiger partial charge >= 0.3 is 0 Å². The molecule has 0 aliphatic heterocycles. The predicted molar refractivity (Wildman–Crippen MR) is 61.2 cm³/mol. The van der Waals surface area contributed by atoms with Crippen LogP contribution < -0.4 is 0 Å². The van der Waals surface area contributed by atoms with Crippen LogP contribution in [0.3, 0.4) is 0 Å². The highest BCUT2D eigenvalue weighted by molar-refractivity contribution is 14.1. The Morgan fingerprint density at radius 1 is 1.21 bits per heavy atom. The van der Waals surface area contributed by atoms with E-state index in [0.29, 0.717) is 5.56 Å². The van der Waals surface area contributed by atoms with E-state index in [0.717, 1.165) is 0 Å². The van der Waals surface area contributed by atoms with Gasteiger partial charge in [-0.05, 0) is 0 Å². The van der Waals surface area contributed by atoms with Crippen molar-refractivity contribution in [2.75, 3.05) is 14.2 Å². The van der Waals surface area contributed by atoms with E-state index in [1.807, 2.05) is 18.2 Å². The highest BCUT2D eigenvalue weighted by atomic mass is 127. The molecule has 0 fully saturated rings. The Kier molecular flexibility index (Phi) is 4.03. The molecule has 0 N–H and O–H groups in total. The number of hydrogen-bond acceptors (Lipinski definition) is 3. The number of ether oxygens (including phenoxy) is 2. The molecule has 1 aromatic rings. The first-order valence-electron chi connectivity index (χ1n) is 4.03. The summed E-state index contributed by atoms with van der Waals surface area (Å²) in [4.78, 5) is 11.5. The Morgan fingerprint density at radius 3 is 2.07 bits per heavy atom. The fraction of sp³-hybridized carbons (Fsp3) is 0.300. The van der Waals surface area contributed by atoms with E-state index in [2.05, 4.69) is 0 Å². The molecule has 4 heteroatoms. The molecule has 0 heterocycles. The zero-order chi connectivity index (χ0) is 10.6. The Labute approximate surface area is 96.5 Å². The van der Waals surface area contributed by atoms with Crippen molar-refractivity contribution in [2.45, 2.75) is 5.79 Å². The van der Waals surface area contributed by atoms with Gasteiger partial charge in [0.25, 0.3) is 9.58 Å². The number of carbonyl (C=O) groups excluding carboxylic acids is 1. The largest absolute Gasteiger partial charge is 0.343 e. The van der Waals surface area contributed by atoms with Crippen molar-refractivity contribution in [2.24, 2.45) is 0 Å². The molecule has 14 heavy (non-hydrogen) atoms. The summed E-state index contributed by atoms with van der Waals surface area (Å²) in [5.41, 5.74) is 0.699. The summed E-state index contributed by atoms with van der Waals surface area (Å²) in [7, 11) is 2.90. The Bertz CT molecular complexity index is 306. The van der Waals surface area contributed by atoms with Gasteiger partial charge in [0, 0.05) is 42.4 Å². The van der Waals surface area contributed by atoms with Gasteiger partial charge in [-0.2, -0.15) is 0 Å². The van der Waals surface area contributed by atoms with Crippen molar-refractivity contribution in [3.05, 3.63) is 35.9 Å². The van der Waals surface area contributed by atoms with Crippen molar-refractivity contribution >= 4 is 26.4 Å². The maximum Gasteiger partial charge on any atom is 0.266 e. The smallest absolute Gasteiger partial charge is 0.266 e. The van der Waals surface area contributed by atoms with Gasteiger partial charge in [-0.3, -0.25) is 4.79 Å². The molecule has 0 aromatic heterocycles. The fourth-order valence-corrected chi connectivity index (χ4v) is 2.00. The van der Waals surface area contributed by atoms with Gasteiger partial charge in [-0.15, -0.1) is 0 Å². The van der Waals surface area contributed by atoms with Gasteiger partial charge in [-0.1, -0.05) is 30.3 Å². The molecule has 0 atom stereocenters. The van der Waals surface area contributed by atoms with E-state index in [-0.39, 0.29) is 3.79 Å². The second kappa shape index (κ2) is 4.86. The Morgan fingerprint density at radius 2 is 1.71 bits per heavy atom. The maximum absolute atomic E-state index is 11.5.